The van der Waals surface area contributed by atoms with Gasteiger partial charge in [0.05, 0.1) is 17.8 Å². The number of aromatic nitrogens is 2. The van der Waals surface area contributed by atoms with Crippen LogP contribution in [0.2, 0.25) is 0 Å². The van der Waals surface area contributed by atoms with Crippen molar-refractivity contribution in [2.75, 3.05) is 51.3 Å². The van der Waals surface area contributed by atoms with Gasteiger partial charge in [0.2, 0.25) is 11.8 Å². The Morgan fingerprint density at radius 3 is 2.61 bits per heavy atom. The van der Waals surface area contributed by atoms with Gasteiger partial charge in [-0.2, -0.15) is 4.98 Å². The third kappa shape index (κ3) is 4.83. The minimum absolute atomic E-state index is 0. The second-order valence-corrected chi connectivity index (χ2v) is 8.66. The first-order chi connectivity index (χ1) is 13.1. The number of nitrogens with zero attached hydrogens (tertiary/aromatic N) is 5. The van der Waals surface area contributed by atoms with E-state index in [0.29, 0.717) is 11.3 Å². The highest BCUT2D eigenvalue weighted by Crippen LogP contribution is 2.61. The van der Waals surface area contributed by atoms with Gasteiger partial charge in [-0.25, -0.2) is 4.98 Å². The van der Waals surface area contributed by atoms with Gasteiger partial charge in [-0.3, -0.25) is 4.99 Å². The van der Waals surface area contributed by atoms with E-state index in [1.54, 1.807) is 13.3 Å². The lowest BCUT2D eigenvalue weighted by molar-refractivity contribution is 0.362. The average molecular weight is 565 g/mol. The monoisotopic (exact) mass is 564 g/mol. The highest BCUT2D eigenvalue weighted by atomic mass is 127. The SMILES string of the molecule is CCNC(=NCC1(C2CC2)CC1)N1CCN(c2ncc(Br)c(OC)n2)CC1.I. The van der Waals surface area contributed by atoms with Crippen molar-refractivity contribution in [1.82, 2.24) is 20.2 Å². The van der Waals surface area contributed by atoms with Gasteiger partial charge in [0.15, 0.2) is 5.96 Å². The van der Waals surface area contributed by atoms with Crippen LogP contribution in [-0.4, -0.2) is 67.2 Å². The van der Waals surface area contributed by atoms with E-state index in [9.17, 15) is 0 Å². The van der Waals surface area contributed by atoms with Crippen LogP contribution in [0.4, 0.5) is 5.95 Å². The topological polar surface area (TPSA) is 65.9 Å². The lowest BCUT2D eigenvalue weighted by Gasteiger charge is -2.36. The summed E-state index contributed by atoms with van der Waals surface area (Å²) in [7, 11) is 1.63. The molecule has 2 saturated carbocycles. The van der Waals surface area contributed by atoms with E-state index >= 15 is 0 Å². The number of hydrogen-bond donors (Lipinski definition) is 1. The first-order valence-electron chi connectivity index (χ1n) is 10.00. The molecule has 3 aliphatic rings. The Balaban J connectivity index is 0.00000225. The third-order valence-electron chi connectivity index (χ3n) is 5.97. The summed E-state index contributed by atoms with van der Waals surface area (Å²) in [6.45, 7) is 7.64. The van der Waals surface area contributed by atoms with Crippen molar-refractivity contribution in [3.05, 3.63) is 10.7 Å². The summed E-state index contributed by atoms with van der Waals surface area (Å²) in [4.78, 5) is 18.6. The van der Waals surface area contributed by atoms with Crippen molar-refractivity contribution >= 4 is 51.8 Å². The van der Waals surface area contributed by atoms with Gasteiger partial charge in [-0.15, -0.1) is 24.0 Å². The third-order valence-corrected chi connectivity index (χ3v) is 6.51. The molecule has 3 fully saturated rings. The van der Waals surface area contributed by atoms with Crippen molar-refractivity contribution in [2.24, 2.45) is 16.3 Å². The van der Waals surface area contributed by atoms with Gasteiger partial charge in [0.1, 0.15) is 0 Å². The summed E-state index contributed by atoms with van der Waals surface area (Å²) in [5.41, 5.74) is 0.546. The predicted molar refractivity (Wildman–Crippen MR) is 126 cm³/mol. The van der Waals surface area contributed by atoms with Gasteiger partial charge in [0.25, 0.3) is 0 Å². The molecule has 156 valence electrons. The molecule has 1 saturated heterocycles. The number of nitrogens with one attached hydrogen (secondary N) is 1. The molecule has 2 aliphatic carbocycles. The van der Waals surface area contributed by atoms with Crippen molar-refractivity contribution in [1.29, 1.82) is 0 Å². The molecule has 2 heterocycles. The quantitative estimate of drug-likeness (QED) is 0.325. The lowest BCUT2D eigenvalue weighted by atomic mass is 10.0. The summed E-state index contributed by atoms with van der Waals surface area (Å²) >= 11 is 3.41. The Kier molecular flexibility index (Phi) is 7.27. The van der Waals surface area contributed by atoms with Crippen LogP contribution >= 0.6 is 39.9 Å². The molecule has 0 bridgehead atoms. The van der Waals surface area contributed by atoms with E-state index in [2.05, 4.69) is 47.9 Å². The van der Waals surface area contributed by atoms with Crippen LogP contribution in [0.1, 0.15) is 32.6 Å². The van der Waals surface area contributed by atoms with Gasteiger partial charge in [-0.05, 0) is 59.9 Å². The van der Waals surface area contributed by atoms with Crippen molar-refractivity contribution < 1.29 is 4.74 Å². The zero-order valence-electron chi connectivity index (χ0n) is 16.7. The van der Waals surface area contributed by atoms with Crippen LogP contribution in [0.25, 0.3) is 0 Å². The molecule has 0 radical (unpaired) electrons. The number of aliphatic imine (C=N–C) groups is 1. The number of guanidine groups is 1. The maximum Gasteiger partial charge on any atom is 0.232 e. The number of anilines is 1. The number of piperazine rings is 1. The van der Waals surface area contributed by atoms with Crippen molar-refractivity contribution in [3.63, 3.8) is 0 Å². The summed E-state index contributed by atoms with van der Waals surface area (Å²) in [6.07, 6.45) is 7.34. The Bertz CT molecular complexity index is 702. The number of rotatable bonds is 6. The number of ether oxygens (including phenoxy) is 1. The maximum absolute atomic E-state index is 5.30. The van der Waals surface area contributed by atoms with Gasteiger partial charge < -0.3 is 19.9 Å². The minimum Gasteiger partial charge on any atom is -0.480 e. The Hall–Kier alpha value is -0.840. The molecule has 1 N–H and O–H groups in total. The summed E-state index contributed by atoms with van der Waals surface area (Å²) in [5.74, 6) is 3.32. The Labute approximate surface area is 192 Å². The van der Waals surface area contributed by atoms with Gasteiger partial charge >= 0.3 is 0 Å². The molecule has 28 heavy (non-hydrogen) atoms. The molecular formula is C19H30BrIN6O. The molecule has 0 unspecified atom stereocenters. The Morgan fingerprint density at radius 1 is 1.32 bits per heavy atom. The van der Waals surface area contributed by atoms with E-state index in [1.807, 2.05) is 0 Å². The van der Waals surface area contributed by atoms with Crippen LogP contribution in [0.5, 0.6) is 5.88 Å². The van der Waals surface area contributed by atoms with Crippen LogP contribution in [0, 0.1) is 11.3 Å². The standard InChI is InChI=1S/C19H29BrN6O.HI/c1-3-21-17(23-13-19(6-7-19)14-4-5-14)25-8-10-26(11-9-25)18-22-12-15(20)16(24-18)27-2;/h12,14H,3-11,13H2,1-2H3,(H,21,23);1H. The van der Waals surface area contributed by atoms with Crippen LogP contribution < -0.4 is 15.0 Å². The van der Waals surface area contributed by atoms with E-state index in [4.69, 9.17) is 9.73 Å². The second-order valence-electron chi connectivity index (χ2n) is 7.81. The second kappa shape index (κ2) is 9.32. The van der Waals surface area contributed by atoms with E-state index < -0.39 is 0 Å². The molecule has 0 aromatic carbocycles. The molecule has 1 aromatic heterocycles. The molecule has 7 nitrogen and oxygen atoms in total. The maximum atomic E-state index is 5.30. The fourth-order valence-electron chi connectivity index (χ4n) is 3.97. The molecular weight excluding hydrogens is 535 g/mol. The predicted octanol–water partition coefficient (Wildman–Crippen LogP) is 3.14. The number of halogens is 2. The molecule has 0 spiro atoms. The fraction of sp³-hybridized carbons (Fsp3) is 0.737. The van der Waals surface area contributed by atoms with E-state index in [1.165, 1.54) is 25.7 Å². The molecule has 0 amide bonds. The minimum atomic E-state index is 0. The zero-order chi connectivity index (χ0) is 18.9. The van der Waals surface area contributed by atoms with Crippen LogP contribution in [-0.2, 0) is 0 Å². The highest BCUT2D eigenvalue weighted by molar-refractivity contribution is 14.0. The number of methoxy groups -OCH3 is 1. The van der Waals surface area contributed by atoms with Crippen molar-refractivity contribution in [3.8, 4) is 5.88 Å². The summed E-state index contributed by atoms with van der Waals surface area (Å²) in [6, 6.07) is 0. The van der Waals surface area contributed by atoms with Gasteiger partial charge in [0, 0.05) is 39.3 Å². The normalized spacial score (nSPS) is 21.2. The van der Waals surface area contributed by atoms with Crippen LogP contribution in [0.15, 0.2) is 15.7 Å². The van der Waals surface area contributed by atoms with Crippen LogP contribution in [0.3, 0.4) is 0 Å². The lowest BCUT2D eigenvalue weighted by Crippen LogP contribution is -2.53. The molecule has 1 aromatic rings. The molecule has 4 rings (SSSR count). The summed E-state index contributed by atoms with van der Waals surface area (Å²) in [5, 5.41) is 3.49. The zero-order valence-corrected chi connectivity index (χ0v) is 20.6. The Morgan fingerprint density at radius 2 is 2.04 bits per heavy atom. The number of hydrogen-bond acceptors (Lipinski definition) is 5. The van der Waals surface area contributed by atoms with E-state index in [0.717, 1.165) is 61.6 Å². The van der Waals surface area contributed by atoms with Gasteiger partial charge in [-0.1, -0.05) is 0 Å². The smallest absolute Gasteiger partial charge is 0.232 e. The first kappa shape index (κ1) is 21.9. The molecule has 0 atom stereocenters. The first-order valence-corrected chi connectivity index (χ1v) is 10.8. The average Bonchev–Trinajstić information content (AvgIpc) is 3.59. The highest BCUT2D eigenvalue weighted by Gasteiger charge is 2.53. The molecule has 9 heteroatoms. The fourth-order valence-corrected chi connectivity index (χ4v) is 4.32. The largest absolute Gasteiger partial charge is 0.480 e. The van der Waals surface area contributed by atoms with Crippen molar-refractivity contribution in [2.45, 2.75) is 32.6 Å². The molecule has 1 aliphatic heterocycles. The van der Waals surface area contributed by atoms with E-state index in [-0.39, 0.29) is 24.0 Å². The summed E-state index contributed by atoms with van der Waals surface area (Å²) < 4.78 is 6.07.